The molecule has 5 heteroatoms. The first-order valence-corrected chi connectivity index (χ1v) is 5.00. The molecule has 0 radical (unpaired) electrons. The van der Waals surface area contributed by atoms with Gasteiger partial charge in [0.25, 0.3) is 0 Å². The Kier molecular flexibility index (Phi) is 3.49. The lowest BCUT2D eigenvalue weighted by Crippen LogP contribution is -2.00. The molecule has 3 nitrogen and oxygen atoms in total. The Labute approximate surface area is 83.2 Å². The average molecular weight is 216 g/mol. The topological polar surface area (TPSA) is 54.4 Å². The zero-order chi connectivity index (χ0) is 10.7. The van der Waals surface area contributed by atoms with Crippen LogP contribution >= 0.6 is 0 Å². The van der Waals surface area contributed by atoms with Gasteiger partial charge in [0.2, 0.25) is 0 Å². The lowest BCUT2D eigenvalue weighted by atomic mass is 10.1. The summed E-state index contributed by atoms with van der Waals surface area (Å²) in [6, 6.07) is 3.74. The van der Waals surface area contributed by atoms with Gasteiger partial charge in [-0.15, -0.1) is 0 Å². The standard InChI is InChI=1S/C9H9FO3S/c1-6(11)4-7-2-3-8(10)9(5-7)14(12)13/h2-3,5H,4H2,1H3,(H,12,13). The molecule has 1 N–H and O–H groups in total. The minimum absolute atomic E-state index is 0.0775. The van der Waals surface area contributed by atoms with Gasteiger partial charge in [-0.1, -0.05) is 6.07 Å². The lowest BCUT2D eigenvalue weighted by Gasteiger charge is -2.01. The highest BCUT2D eigenvalue weighted by molar-refractivity contribution is 7.79. The largest absolute Gasteiger partial charge is 0.302 e. The maximum Gasteiger partial charge on any atom is 0.189 e. The number of hydrogen-bond donors (Lipinski definition) is 1. The van der Waals surface area contributed by atoms with Crippen LogP contribution < -0.4 is 0 Å². The second-order valence-corrected chi connectivity index (χ2v) is 3.83. The first kappa shape index (κ1) is 11.0. The Bertz CT molecular complexity index is 390. The van der Waals surface area contributed by atoms with E-state index >= 15 is 0 Å². The van der Waals surface area contributed by atoms with E-state index in [2.05, 4.69) is 0 Å². The Morgan fingerprint density at radius 2 is 2.21 bits per heavy atom. The minimum Gasteiger partial charge on any atom is -0.302 e. The summed E-state index contributed by atoms with van der Waals surface area (Å²) in [4.78, 5) is 10.5. The third-order valence-corrected chi connectivity index (χ3v) is 2.33. The fourth-order valence-electron chi connectivity index (χ4n) is 1.08. The number of hydrogen-bond acceptors (Lipinski definition) is 2. The fourth-order valence-corrected chi connectivity index (χ4v) is 1.57. The molecule has 1 rings (SSSR count). The number of Topliss-reactive ketones (excluding diaryl/α,β-unsaturated/α-hetero) is 1. The van der Waals surface area contributed by atoms with Crippen LogP contribution in [0, 0.1) is 5.82 Å². The number of halogens is 1. The molecular formula is C9H9FO3S. The molecule has 0 aliphatic carbocycles. The normalized spacial score (nSPS) is 12.5. The lowest BCUT2D eigenvalue weighted by molar-refractivity contribution is -0.116. The smallest absolute Gasteiger partial charge is 0.189 e. The molecule has 0 saturated heterocycles. The summed E-state index contributed by atoms with van der Waals surface area (Å²) in [5.74, 6) is -0.815. The number of carbonyl (C=O) groups is 1. The van der Waals surface area contributed by atoms with Crippen LogP contribution in [0.15, 0.2) is 23.1 Å². The average Bonchev–Trinajstić information content (AvgIpc) is 2.07. The Morgan fingerprint density at radius 1 is 1.57 bits per heavy atom. The monoisotopic (exact) mass is 216 g/mol. The van der Waals surface area contributed by atoms with Gasteiger partial charge >= 0.3 is 0 Å². The highest BCUT2D eigenvalue weighted by Gasteiger charge is 2.09. The van der Waals surface area contributed by atoms with Crippen LogP contribution in [0.2, 0.25) is 0 Å². The van der Waals surface area contributed by atoms with E-state index in [9.17, 15) is 13.4 Å². The molecule has 0 bridgehead atoms. The first-order chi connectivity index (χ1) is 6.50. The Morgan fingerprint density at radius 3 is 2.71 bits per heavy atom. The molecule has 0 aromatic heterocycles. The Balaban J connectivity index is 3.06. The van der Waals surface area contributed by atoms with Crippen molar-refractivity contribution in [3.63, 3.8) is 0 Å². The van der Waals surface area contributed by atoms with Crippen molar-refractivity contribution in [3.8, 4) is 0 Å². The van der Waals surface area contributed by atoms with Gasteiger partial charge in [-0.25, -0.2) is 8.60 Å². The minimum atomic E-state index is -2.35. The van der Waals surface area contributed by atoms with Crippen LogP contribution in [0.25, 0.3) is 0 Å². The number of ketones is 1. The second-order valence-electron chi connectivity index (χ2n) is 2.89. The van der Waals surface area contributed by atoms with Crippen LogP contribution in [0.4, 0.5) is 4.39 Å². The molecule has 14 heavy (non-hydrogen) atoms. The van der Waals surface area contributed by atoms with E-state index in [1.165, 1.54) is 19.1 Å². The summed E-state index contributed by atoms with van der Waals surface area (Å²) in [7, 11) is 0. The third kappa shape index (κ3) is 2.71. The quantitative estimate of drug-likeness (QED) is 0.780. The predicted octanol–water partition coefficient (Wildman–Crippen LogP) is 1.54. The van der Waals surface area contributed by atoms with Crippen molar-refractivity contribution in [1.82, 2.24) is 0 Å². The highest BCUT2D eigenvalue weighted by atomic mass is 32.2. The summed E-state index contributed by atoms with van der Waals surface area (Å²) in [5.41, 5.74) is 0.538. The van der Waals surface area contributed by atoms with Crippen molar-refractivity contribution < 1.29 is 17.9 Å². The summed E-state index contributed by atoms with van der Waals surface area (Å²) in [6.07, 6.45) is 0.143. The highest BCUT2D eigenvalue weighted by Crippen LogP contribution is 2.14. The molecule has 0 fully saturated rings. The van der Waals surface area contributed by atoms with E-state index in [1.54, 1.807) is 0 Å². The molecule has 1 aromatic carbocycles. The van der Waals surface area contributed by atoms with Gasteiger partial charge in [-0.3, -0.25) is 4.79 Å². The predicted molar refractivity (Wildman–Crippen MR) is 49.8 cm³/mol. The third-order valence-electron chi connectivity index (χ3n) is 1.64. The molecule has 1 unspecified atom stereocenters. The van der Waals surface area contributed by atoms with Crippen molar-refractivity contribution in [3.05, 3.63) is 29.6 Å². The van der Waals surface area contributed by atoms with Crippen molar-refractivity contribution in [2.24, 2.45) is 0 Å². The first-order valence-electron chi connectivity index (χ1n) is 3.89. The summed E-state index contributed by atoms with van der Waals surface area (Å²) in [5, 5.41) is 0. The van der Waals surface area contributed by atoms with E-state index in [4.69, 9.17) is 4.55 Å². The van der Waals surface area contributed by atoms with E-state index in [1.807, 2.05) is 0 Å². The van der Waals surface area contributed by atoms with Gasteiger partial charge in [-0.05, 0) is 24.6 Å². The van der Waals surface area contributed by atoms with E-state index in [0.717, 1.165) is 6.07 Å². The second kappa shape index (κ2) is 4.43. The number of rotatable bonds is 3. The van der Waals surface area contributed by atoms with E-state index < -0.39 is 16.9 Å². The van der Waals surface area contributed by atoms with Crippen molar-refractivity contribution in [1.29, 1.82) is 0 Å². The molecule has 0 amide bonds. The van der Waals surface area contributed by atoms with Crippen LogP contribution in [0.1, 0.15) is 12.5 Å². The van der Waals surface area contributed by atoms with Crippen molar-refractivity contribution >= 4 is 16.9 Å². The van der Waals surface area contributed by atoms with Gasteiger partial charge in [0.05, 0.1) is 0 Å². The number of carbonyl (C=O) groups excluding carboxylic acids is 1. The molecule has 1 aromatic rings. The summed E-state index contributed by atoms with van der Waals surface area (Å²) < 4.78 is 32.3. The zero-order valence-corrected chi connectivity index (χ0v) is 8.31. The maximum absolute atomic E-state index is 12.9. The SMILES string of the molecule is CC(=O)Cc1ccc(F)c(S(=O)O)c1. The molecule has 0 saturated carbocycles. The molecule has 0 spiro atoms. The fraction of sp³-hybridized carbons (Fsp3) is 0.222. The molecular weight excluding hydrogens is 207 g/mol. The van der Waals surface area contributed by atoms with E-state index in [0.29, 0.717) is 5.56 Å². The Hall–Kier alpha value is -1.07. The van der Waals surface area contributed by atoms with Gasteiger partial charge < -0.3 is 4.55 Å². The summed E-state index contributed by atoms with van der Waals surface area (Å²) >= 11 is -2.35. The van der Waals surface area contributed by atoms with Crippen LogP contribution in [-0.2, 0) is 22.3 Å². The van der Waals surface area contributed by atoms with Crippen molar-refractivity contribution in [2.75, 3.05) is 0 Å². The summed E-state index contributed by atoms with van der Waals surface area (Å²) in [6.45, 7) is 1.40. The van der Waals surface area contributed by atoms with Gasteiger partial charge in [0.1, 0.15) is 16.5 Å². The van der Waals surface area contributed by atoms with Gasteiger partial charge in [0.15, 0.2) is 11.1 Å². The molecule has 0 aliphatic rings. The van der Waals surface area contributed by atoms with Crippen LogP contribution in [0.3, 0.4) is 0 Å². The molecule has 1 atom stereocenters. The number of benzene rings is 1. The van der Waals surface area contributed by atoms with Gasteiger partial charge in [-0.2, -0.15) is 0 Å². The van der Waals surface area contributed by atoms with Crippen LogP contribution in [0.5, 0.6) is 0 Å². The maximum atomic E-state index is 12.9. The zero-order valence-electron chi connectivity index (χ0n) is 7.49. The van der Waals surface area contributed by atoms with Crippen molar-refractivity contribution in [2.45, 2.75) is 18.2 Å². The van der Waals surface area contributed by atoms with Gasteiger partial charge in [0, 0.05) is 6.42 Å². The molecule has 0 aliphatic heterocycles. The molecule has 0 heterocycles. The van der Waals surface area contributed by atoms with E-state index in [-0.39, 0.29) is 17.1 Å². The van der Waals surface area contributed by atoms with Crippen LogP contribution in [-0.4, -0.2) is 14.5 Å². The molecule has 76 valence electrons.